The number of hydrogen-bond donors (Lipinski definition) is 1. The molecule has 3 aromatic rings. The highest BCUT2D eigenvalue weighted by atomic mass is 16.5. The van der Waals surface area contributed by atoms with Crippen LogP contribution in [0.5, 0.6) is 17.2 Å². The Morgan fingerprint density at radius 2 is 1.81 bits per heavy atom. The normalized spacial score (nSPS) is 11.4. The van der Waals surface area contributed by atoms with Gasteiger partial charge in [-0.2, -0.15) is 0 Å². The average Bonchev–Trinajstić information content (AvgIpc) is 2.60. The standard InChI is InChI=1S/C21H20O6/c1-12-5-6-13(2)16(9-12)26-18-11-25-17-10-14(7-8-15(17)19(18)22)27-21(3,4)20(23)24/h5-11H,1-4H3,(H,23,24). The molecule has 0 fully saturated rings. The quantitative estimate of drug-likeness (QED) is 0.716. The molecule has 1 N–H and O–H groups in total. The monoisotopic (exact) mass is 368 g/mol. The summed E-state index contributed by atoms with van der Waals surface area (Å²) in [6.45, 7) is 6.72. The van der Waals surface area contributed by atoms with Gasteiger partial charge in [-0.15, -0.1) is 0 Å². The van der Waals surface area contributed by atoms with Crippen LogP contribution in [-0.4, -0.2) is 16.7 Å². The number of carbonyl (C=O) groups is 1. The molecule has 0 atom stereocenters. The number of carboxylic acid groups (broad SMARTS) is 1. The first kappa shape index (κ1) is 18.5. The molecule has 0 aliphatic rings. The fraction of sp³-hybridized carbons (Fsp3) is 0.238. The zero-order valence-electron chi connectivity index (χ0n) is 15.5. The van der Waals surface area contributed by atoms with Crippen LogP contribution in [0, 0.1) is 13.8 Å². The van der Waals surface area contributed by atoms with E-state index < -0.39 is 11.6 Å². The van der Waals surface area contributed by atoms with Gasteiger partial charge in [0.1, 0.15) is 23.3 Å². The van der Waals surface area contributed by atoms with Gasteiger partial charge in [-0.3, -0.25) is 4.79 Å². The van der Waals surface area contributed by atoms with Crippen LogP contribution in [-0.2, 0) is 4.79 Å². The van der Waals surface area contributed by atoms with E-state index in [4.69, 9.17) is 19.0 Å². The summed E-state index contributed by atoms with van der Waals surface area (Å²) in [6.07, 6.45) is 1.25. The molecule has 6 heteroatoms. The van der Waals surface area contributed by atoms with Crippen LogP contribution < -0.4 is 14.9 Å². The zero-order valence-corrected chi connectivity index (χ0v) is 15.5. The lowest BCUT2D eigenvalue weighted by molar-refractivity contribution is -0.152. The molecule has 3 rings (SSSR count). The number of hydrogen-bond acceptors (Lipinski definition) is 5. The first-order chi connectivity index (χ1) is 12.7. The molecule has 0 saturated carbocycles. The summed E-state index contributed by atoms with van der Waals surface area (Å²) in [5.41, 5.74) is 0.483. The van der Waals surface area contributed by atoms with Gasteiger partial charge in [-0.05, 0) is 57.0 Å². The van der Waals surface area contributed by atoms with Crippen molar-refractivity contribution < 1.29 is 23.8 Å². The third-order valence-corrected chi connectivity index (χ3v) is 4.17. The fourth-order valence-electron chi connectivity index (χ4n) is 2.50. The predicted molar refractivity (Wildman–Crippen MR) is 101 cm³/mol. The minimum atomic E-state index is -1.40. The van der Waals surface area contributed by atoms with E-state index in [1.165, 1.54) is 38.3 Å². The second-order valence-corrected chi connectivity index (χ2v) is 6.88. The molecule has 0 aliphatic carbocycles. The lowest BCUT2D eigenvalue weighted by Gasteiger charge is -2.21. The van der Waals surface area contributed by atoms with Crippen molar-refractivity contribution in [2.24, 2.45) is 0 Å². The predicted octanol–water partition coefficient (Wildman–Crippen LogP) is 4.44. The van der Waals surface area contributed by atoms with Crippen LogP contribution >= 0.6 is 0 Å². The third-order valence-electron chi connectivity index (χ3n) is 4.17. The summed E-state index contributed by atoms with van der Waals surface area (Å²) in [4.78, 5) is 23.9. The molecule has 0 radical (unpaired) electrons. The zero-order chi connectivity index (χ0) is 19.8. The van der Waals surface area contributed by atoms with Crippen molar-refractivity contribution in [3.63, 3.8) is 0 Å². The van der Waals surface area contributed by atoms with E-state index in [0.717, 1.165) is 11.1 Å². The molecule has 2 aromatic carbocycles. The lowest BCUT2D eigenvalue weighted by atomic mass is 10.1. The molecule has 0 aliphatic heterocycles. The molecule has 0 spiro atoms. The Balaban J connectivity index is 1.96. The van der Waals surface area contributed by atoms with Crippen LogP contribution in [0.1, 0.15) is 25.0 Å². The van der Waals surface area contributed by atoms with Crippen LogP contribution in [0.4, 0.5) is 0 Å². The minimum absolute atomic E-state index is 0.0794. The smallest absolute Gasteiger partial charge is 0.347 e. The minimum Gasteiger partial charge on any atom is -0.478 e. The Morgan fingerprint density at radius 3 is 2.52 bits per heavy atom. The van der Waals surface area contributed by atoms with Crippen molar-refractivity contribution in [2.45, 2.75) is 33.3 Å². The largest absolute Gasteiger partial charge is 0.478 e. The van der Waals surface area contributed by atoms with Crippen molar-refractivity contribution in [1.29, 1.82) is 0 Å². The molecule has 27 heavy (non-hydrogen) atoms. The van der Waals surface area contributed by atoms with Crippen molar-refractivity contribution in [2.75, 3.05) is 0 Å². The van der Waals surface area contributed by atoms with E-state index >= 15 is 0 Å². The maximum atomic E-state index is 12.7. The third kappa shape index (κ3) is 3.79. The van der Waals surface area contributed by atoms with Gasteiger partial charge >= 0.3 is 5.97 Å². The van der Waals surface area contributed by atoms with Crippen molar-refractivity contribution >= 4 is 16.9 Å². The molecule has 140 valence electrons. The topological polar surface area (TPSA) is 86.0 Å². The van der Waals surface area contributed by atoms with Gasteiger partial charge in [0.2, 0.25) is 11.2 Å². The molecule has 6 nitrogen and oxygen atoms in total. The van der Waals surface area contributed by atoms with Crippen LogP contribution in [0.2, 0.25) is 0 Å². The summed E-state index contributed by atoms with van der Waals surface area (Å²) in [7, 11) is 0. The Morgan fingerprint density at radius 1 is 1.07 bits per heavy atom. The molecular formula is C21H20O6. The Labute approximate surface area is 156 Å². The fourth-order valence-corrected chi connectivity index (χ4v) is 2.50. The Bertz CT molecular complexity index is 1080. The SMILES string of the molecule is Cc1ccc(C)c(Oc2coc3cc(OC(C)(C)C(=O)O)ccc3c2=O)c1. The summed E-state index contributed by atoms with van der Waals surface area (Å²) in [5.74, 6) is -0.136. The van der Waals surface area contributed by atoms with Crippen LogP contribution in [0.25, 0.3) is 11.0 Å². The van der Waals surface area contributed by atoms with Crippen molar-refractivity contribution in [1.82, 2.24) is 0 Å². The average molecular weight is 368 g/mol. The van der Waals surface area contributed by atoms with Gasteiger partial charge in [0.15, 0.2) is 5.60 Å². The molecule has 1 aromatic heterocycles. The van der Waals surface area contributed by atoms with E-state index in [2.05, 4.69) is 0 Å². The van der Waals surface area contributed by atoms with E-state index in [9.17, 15) is 9.59 Å². The van der Waals surface area contributed by atoms with Gasteiger partial charge in [-0.1, -0.05) is 12.1 Å². The Kier molecular flexibility index (Phi) is 4.66. The maximum Gasteiger partial charge on any atom is 0.347 e. The number of aryl methyl sites for hydroxylation is 2. The van der Waals surface area contributed by atoms with Gasteiger partial charge in [0.25, 0.3) is 0 Å². The highest BCUT2D eigenvalue weighted by Crippen LogP contribution is 2.28. The van der Waals surface area contributed by atoms with Gasteiger partial charge in [-0.25, -0.2) is 4.79 Å². The molecular weight excluding hydrogens is 348 g/mol. The molecule has 0 unspecified atom stereocenters. The molecule has 0 saturated heterocycles. The highest BCUT2D eigenvalue weighted by molar-refractivity contribution is 5.80. The second-order valence-electron chi connectivity index (χ2n) is 6.88. The number of benzene rings is 2. The number of ether oxygens (including phenoxy) is 2. The van der Waals surface area contributed by atoms with Gasteiger partial charge in [0.05, 0.1) is 5.39 Å². The van der Waals surface area contributed by atoms with Crippen molar-refractivity contribution in [3.8, 4) is 17.2 Å². The van der Waals surface area contributed by atoms with E-state index in [1.54, 1.807) is 0 Å². The molecule has 0 bridgehead atoms. The van der Waals surface area contributed by atoms with Crippen LogP contribution in [0.3, 0.4) is 0 Å². The molecule has 0 amide bonds. The van der Waals surface area contributed by atoms with E-state index in [1.807, 2.05) is 32.0 Å². The summed E-state index contributed by atoms with van der Waals surface area (Å²) in [6, 6.07) is 10.3. The van der Waals surface area contributed by atoms with Crippen LogP contribution in [0.15, 0.2) is 51.9 Å². The number of rotatable bonds is 5. The number of fused-ring (bicyclic) bond motifs is 1. The summed E-state index contributed by atoms with van der Waals surface area (Å²) < 4.78 is 16.8. The van der Waals surface area contributed by atoms with Gasteiger partial charge < -0.3 is 19.0 Å². The Hall–Kier alpha value is -3.28. The second kappa shape index (κ2) is 6.79. The van der Waals surface area contributed by atoms with Crippen molar-refractivity contribution in [3.05, 3.63) is 64.0 Å². The highest BCUT2D eigenvalue weighted by Gasteiger charge is 2.29. The summed E-state index contributed by atoms with van der Waals surface area (Å²) in [5, 5.41) is 9.48. The lowest BCUT2D eigenvalue weighted by Crippen LogP contribution is -2.37. The van der Waals surface area contributed by atoms with E-state index in [-0.39, 0.29) is 16.8 Å². The first-order valence-electron chi connectivity index (χ1n) is 8.40. The number of carboxylic acids is 1. The molecule has 1 heterocycles. The van der Waals surface area contributed by atoms with Gasteiger partial charge in [0, 0.05) is 6.07 Å². The summed E-state index contributed by atoms with van der Waals surface area (Å²) >= 11 is 0. The number of aliphatic carboxylic acids is 1. The first-order valence-corrected chi connectivity index (χ1v) is 8.40. The maximum absolute atomic E-state index is 12.7. The van der Waals surface area contributed by atoms with E-state index in [0.29, 0.717) is 16.9 Å².